The van der Waals surface area contributed by atoms with Crippen LogP contribution in [0.4, 0.5) is 14.4 Å². The van der Waals surface area contributed by atoms with Crippen molar-refractivity contribution in [1.29, 1.82) is 0 Å². The summed E-state index contributed by atoms with van der Waals surface area (Å²) in [6.45, 7) is 5.69. The Hall–Kier alpha value is -2.97. The first-order valence-corrected chi connectivity index (χ1v) is 11.4. The van der Waals surface area contributed by atoms with Gasteiger partial charge in [0, 0.05) is 0 Å². The summed E-state index contributed by atoms with van der Waals surface area (Å²) >= 11 is 0. The molecule has 0 heterocycles. The molecule has 9 heteroatoms. The molecular formula is C24H38O9. The fraction of sp³-hybridized carbons (Fsp3) is 0.625. The van der Waals surface area contributed by atoms with E-state index in [4.69, 9.17) is 28.4 Å². The molecule has 0 aliphatic carbocycles. The molecule has 0 N–H and O–H groups in total. The predicted molar refractivity (Wildman–Crippen MR) is 123 cm³/mol. The van der Waals surface area contributed by atoms with Crippen molar-refractivity contribution in [3.63, 3.8) is 0 Å². The normalized spacial score (nSPS) is 12.1. The molecule has 0 bridgehead atoms. The largest absolute Gasteiger partial charge is 0.508 e. The van der Waals surface area contributed by atoms with Crippen LogP contribution in [0.15, 0.2) is 36.5 Å². The van der Waals surface area contributed by atoms with Crippen LogP contribution >= 0.6 is 0 Å². The van der Waals surface area contributed by atoms with E-state index in [1.54, 1.807) is 0 Å². The van der Waals surface area contributed by atoms with Gasteiger partial charge in [0.2, 0.25) is 0 Å². The van der Waals surface area contributed by atoms with Crippen LogP contribution in [0.3, 0.4) is 0 Å². The standard InChI is InChI=1S/C24H38O9/c1-4-7-10-13-16-28-22(25)31-19-21(33-24(27)30-18-15-12-9-6-3)20-32-23(26)29-17-14-11-8-5-2/h7-12,21H,4-6,13-20H2,1-3H3. The molecule has 0 aromatic heterocycles. The van der Waals surface area contributed by atoms with Crippen LogP contribution in [-0.4, -0.2) is 57.6 Å². The number of allylic oxidation sites excluding steroid dienone is 3. The lowest BCUT2D eigenvalue weighted by molar-refractivity contribution is -0.0448. The average Bonchev–Trinajstić information content (AvgIpc) is 2.80. The smallest absolute Gasteiger partial charge is 0.434 e. The van der Waals surface area contributed by atoms with E-state index in [-0.39, 0.29) is 33.0 Å². The van der Waals surface area contributed by atoms with Gasteiger partial charge in [-0.1, -0.05) is 57.2 Å². The van der Waals surface area contributed by atoms with Gasteiger partial charge in [-0.2, -0.15) is 0 Å². The topological polar surface area (TPSA) is 107 Å². The van der Waals surface area contributed by atoms with Gasteiger partial charge in [-0.15, -0.1) is 0 Å². The van der Waals surface area contributed by atoms with E-state index >= 15 is 0 Å². The molecule has 0 radical (unpaired) electrons. The van der Waals surface area contributed by atoms with Gasteiger partial charge in [-0.3, -0.25) is 0 Å². The Kier molecular flexibility index (Phi) is 20.2. The Morgan fingerprint density at radius 1 is 0.545 bits per heavy atom. The minimum atomic E-state index is -1.08. The molecule has 0 saturated carbocycles. The van der Waals surface area contributed by atoms with Crippen LogP contribution in [0.25, 0.3) is 0 Å². The lowest BCUT2D eigenvalue weighted by atomic mass is 10.3. The number of rotatable bonds is 17. The first kappa shape index (κ1) is 30.0. The van der Waals surface area contributed by atoms with Gasteiger partial charge in [0.05, 0.1) is 19.8 Å². The van der Waals surface area contributed by atoms with Gasteiger partial charge < -0.3 is 28.4 Å². The van der Waals surface area contributed by atoms with Crippen molar-refractivity contribution in [2.24, 2.45) is 0 Å². The number of hydrogen-bond acceptors (Lipinski definition) is 9. The molecule has 0 rings (SSSR count). The first-order chi connectivity index (χ1) is 16.0. The van der Waals surface area contributed by atoms with E-state index in [1.807, 2.05) is 57.2 Å². The first-order valence-electron chi connectivity index (χ1n) is 11.4. The Morgan fingerprint density at radius 2 is 0.909 bits per heavy atom. The SMILES string of the molecule is CCC=CCCOC(=O)OCC(COC(=O)OCCC=CCC)OC(=O)OCCC=CCC. The van der Waals surface area contributed by atoms with Crippen molar-refractivity contribution in [2.45, 2.75) is 65.4 Å². The van der Waals surface area contributed by atoms with Gasteiger partial charge >= 0.3 is 18.5 Å². The van der Waals surface area contributed by atoms with Crippen molar-refractivity contribution in [3.8, 4) is 0 Å². The molecule has 0 aliphatic rings. The molecule has 9 nitrogen and oxygen atoms in total. The van der Waals surface area contributed by atoms with Gasteiger partial charge in [-0.25, -0.2) is 14.4 Å². The van der Waals surface area contributed by atoms with Crippen LogP contribution in [0.5, 0.6) is 0 Å². The zero-order chi connectivity index (χ0) is 24.6. The number of ether oxygens (including phenoxy) is 6. The van der Waals surface area contributed by atoms with Crippen LogP contribution in [0.1, 0.15) is 59.3 Å². The number of carbonyl (C=O) groups excluding carboxylic acids is 3. The molecule has 0 spiro atoms. The molecule has 0 aromatic carbocycles. The Labute approximate surface area is 196 Å². The van der Waals surface area contributed by atoms with Gasteiger partial charge in [-0.05, 0) is 38.5 Å². The fourth-order valence-electron chi connectivity index (χ4n) is 2.18. The molecule has 188 valence electrons. The second kappa shape index (κ2) is 22.2. The monoisotopic (exact) mass is 470 g/mol. The maximum absolute atomic E-state index is 11.9. The van der Waals surface area contributed by atoms with Crippen LogP contribution in [-0.2, 0) is 28.4 Å². The maximum atomic E-state index is 11.9. The van der Waals surface area contributed by atoms with Gasteiger partial charge in [0.25, 0.3) is 0 Å². The lowest BCUT2D eigenvalue weighted by Gasteiger charge is -2.17. The summed E-state index contributed by atoms with van der Waals surface area (Å²) in [5, 5.41) is 0. The third-order valence-electron chi connectivity index (χ3n) is 3.76. The highest BCUT2D eigenvalue weighted by molar-refractivity contribution is 5.61. The Bertz CT molecular complexity index is 575. The minimum Gasteiger partial charge on any atom is -0.434 e. The van der Waals surface area contributed by atoms with Crippen LogP contribution in [0.2, 0.25) is 0 Å². The van der Waals surface area contributed by atoms with E-state index in [2.05, 4.69) is 0 Å². The summed E-state index contributed by atoms with van der Waals surface area (Å²) < 4.78 is 29.8. The Balaban J connectivity index is 4.49. The van der Waals surface area contributed by atoms with E-state index in [9.17, 15) is 14.4 Å². The van der Waals surface area contributed by atoms with Crippen molar-refractivity contribution < 1.29 is 42.8 Å². The molecule has 0 aliphatic heterocycles. The van der Waals surface area contributed by atoms with Gasteiger partial charge in [0.15, 0.2) is 6.10 Å². The van der Waals surface area contributed by atoms with Crippen LogP contribution < -0.4 is 0 Å². The maximum Gasteiger partial charge on any atom is 0.508 e. The van der Waals surface area contributed by atoms with Crippen molar-refractivity contribution >= 4 is 18.5 Å². The summed E-state index contributed by atoms with van der Waals surface area (Å²) in [6, 6.07) is 0. The van der Waals surface area contributed by atoms with Crippen molar-refractivity contribution in [1.82, 2.24) is 0 Å². The summed E-state index contributed by atoms with van der Waals surface area (Å²) in [4.78, 5) is 35.3. The second-order valence-electron chi connectivity index (χ2n) is 6.66. The fourth-order valence-corrected chi connectivity index (χ4v) is 2.18. The van der Waals surface area contributed by atoms with Crippen molar-refractivity contribution in [3.05, 3.63) is 36.5 Å². The number of hydrogen-bond donors (Lipinski definition) is 0. The van der Waals surface area contributed by atoms with E-state index in [1.165, 1.54) is 0 Å². The molecule has 0 fully saturated rings. The highest BCUT2D eigenvalue weighted by Gasteiger charge is 2.21. The predicted octanol–water partition coefficient (Wildman–Crippen LogP) is 5.88. The highest BCUT2D eigenvalue weighted by atomic mass is 16.8. The minimum absolute atomic E-state index is 0.129. The van der Waals surface area contributed by atoms with E-state index in [0.717, 1.165) is 19.3 Å². The zero-order valence-corrected chi connectivity index (χ0v) is 20.0. The Morgan fingerprint density at radius 3 is 1.27 bits per heavy atom. The molecule has 0 amide bonds. The summed E-state index contributed by atoms with van der Waals surface area (Å²) in [5.74, 6) is 0. The third-order valence-corrected chi connectivity index (χ3v) is 3.76. The zero-order valence-electron chi connectivity index (χ0n) is 20.0. The molecular weight excluding hydrogens is 432 g/mol. The second-order valence-corrected chi connectivity index (χ2v) is 6.66. The number of carbonyl (C=O) groups is 3. The van der Waals surface area contributed by atoms with Crippen molar-refractivity contribution in [2.75, 3.05) is 33.0 Å². The highest BCUT2D eigenvalue weighted by Crippen LogP contribution is 2.03. The van der Waals surface area contributed by atoms with Crippen LogP contribution in [0, 0.1) is 0 Å². The molecule has 0 aromatic rings. The quantitative estimate of drug-likeness (QED) is 0.111. The van der Waals surface area contributed by atoms with E-state index < -0.39 is 24.6 Å². The van der Waals surface area contributed by atoms with Gasteiger partial charge in [0.1, 0.15) is 13.2 Å². The summed E-state index contributed by atoms with van der Waals surface area (Å²) in [7, 11) is 0. The lowest BCUT2D eigenvalue weighted by Crippen LogP contribution is -2.31. The summed E-state index contributed by atoms with van der Waals surface area (Å²) in [5.41, 5.74) is 0. The molecule has 0 unspecified atom stereocenters. The van der Waals surface area contributed by atoms with E-state index in [0.29, 0.717) is 19.3 Å². The molecule has 0 saturated heterocycles. The molecule has 33 heavy (non-hydrogen) atoms. The third kappa shape index (κ3) is 20.7. The molecule has 0 atom stereocenters. The average molecular weight is 471 g/mol. The summed E-state index contributed by atoms with van der Waals surface area (Å²) in [6.07, 6.45) is 12.0.